The van der Waals surface area contributed by atoms with Crippen LogP contribution in [0.25, 0.3) is 0 Å². The zero-order valence-electron chi connectivity index (χ0n) is 25.3. The van der Waals surface area contributed by atoms with Crippen molar-refractivity contribution in [3.8, 4) is 0 Å². The highest BCUT2D eigenvalue weighted by molar-refractivity contribution is 8.00. The van der Waals surface area contributed by atoms with Crippen molar-refractivity contribution >= 4 is 41.5 Å². The number of hydrogen-bond acceptors (Lipinski definition) is 9. The number of nitrogens with one attached hydrogen (secondary N) is 2. The molecule has 5 atom stereocenters. The van der Waals surface area contributed by atoms with Gasteiger partial charge < -0.3 is 41.9 Å². The minimum absolute atomic E-state index is 0.0309. The van der Waals surface area contributed by atoms with Crippen molar-refractivity contribution in [3.63, 3.8) is 0 Å². The van der Waals surface area contributed by atoms with Gasteiger partial charge in [-0.05, 0) is 38.5 Å². The van der Waals surface area contributed by atoms with Gasteiger partial charge in [0.2, 0.25) is 11.8 Å². The number of aliphatic hydroxyl groups excluding tert-OH is 2. The van der Waals surface area contributed by atoms with E-state index in [0.29, 0.717) is 32.1 Å². The molecule has 44 heavy (non-hydrogen) atoms. The van der Waals surface area contributed by atoms with Gasteiger partial charge in [-0.1, -0.05) is 62.6 Å². The number of carbonyl (C=O) groups is 5. The minimum atomic E-state index is -1.27. The Bertz CT molecular complexity index is 973. The summed E-state index contributed by atoms with van der Waals surface area (Å²) >= 11 is 1.16. The van der Waals surface area contributed by atoms with Crippen molar-refractivity contribution in [2.75, 3.05) is 12.3 Å². The maximum Gasteiger partial charge on any atom is 0.322 e. The van der Waals surface area contributed by atoms with Gasteiger partial charge in [-0.25, -0.2) is 0 Å². The Hall–Kier alpha value is -3.20. The van der Waals surface area contributed by atoms with E-state index in [4.69, 9.17) is 21.1 Å². The third-order valence-electron chi connectivity index (χ3n) is 6.27. The van der Waals surface area contributed by atoms with E-state index in [1.807, 2.05) is 31.2 Å². The van der Waals surface area contributed by atoms with E-state index in [9.17, 15) is 34.2 Å². The maximum absolute atomic E-state index is 12.7. The molecular formula is C30H49N3O10S. The molecule has 0 unspecified atom stereocenters. The fraction of sp³-hybridized carbons (Fsp3) is 0.633. The summed E-state index contributed by atoms with van der Waals surface area (Å²) in [6.45, 7) is 1.37. The monoisotopic (exact) mass is 643 g/mol. The highest BCUT2D eigenvalue weighted by Crippen LogP contribution is 2.22. The van der Waals surface area contributed by atoms with E-state index in [1.165, 1.54) is 0 Å². The van der Waals surface area contributed by atoms with Crippen LogP contribution in [0, 0.1) is 0 Å². The van der Waals surface area contributed by atoms with Crippen molar-refractivity contribution in [2.24, 2.45) is 5.73 Å². The molecule has 0 aromatic carbocycles. The number of amides is 2. The van der Waals surface area contributed by atoms with E-state index < -0.39 is 65.8 Å². The first-order valence-corrected chi connectivity index (χ1v) is 15.9. The van der Waals surface area contributed by atoms with E-state index in [1.54, 1.807) is 12.2 Å². The summed E-state index contributed by atoms with van der Waals surface area (Å²) in [4.78, 5) is 57.5. The number of thioether (sulfide) groups is 1. The zero-order chi connectivity index (χ0) is 33.3. The number of aliphatic carboxylic acids is 3. The van der Waals surface area contributed by atoms with Crippen molar-refractivity contribution in [1.82, 2.24) is 10.6 Å². The molecule has 0 fully saturated rings. The van der Waals surface area contributed by atoms with Crippen LogP contribution in [0.4, 0.5) is 0 Å². The van der Waals surface area contributed by atoms with Crippen molar-refractivity contribution in [1.29, 1.82) is 0 Å². The SMILES string of the molecule is CCCCC[C@H](O)[C@@H](/C=C/[C@@H](O)C/C=C\C/C=C/CCCC(=O)O)SC[C@H](NC(=O)CC[C@H](N)C(=O)O)C(=O)NCC(=O)O. The number of unbranched alkanes of at least 4 members (excludes halogenated alkanes) is 3. The van der Waals surface area contributed by atoms with Crippen molar-refractivity contribution in [3.05, 3.63) is 36.5 Å². The molecule has 0 heterocycles. The normalized spacial score (nSPS) is 15.2. The average molecular weight is 644 g/mol. The Balaban J connectivity index is 5.32. The van der Waals surface area contributed by atoms with Crippen LogP contribution in [0.1, 0.15) is 77.6 Å². The van der Waals surface area contributed by atoms with E-state index in [0.717, 1.165) is 31.0 Å². The van der Waals surface area contributed by atoms with Gasteiger partial charge in [-0.2, -0.15) is 0 Å². The molecule has 0 saturated carbocycles. The third-order valence-corrected chi connectivity index (χ3v) is 7.65. The topological polar surface area (TPSA) is 237 Å². The van der Waals surface area contributed by atoms with Gasteiger partial charge in [0.05, 0.1) is 12.2 Å². The molecule has 0 radical (unpaired) electrons. The first kappa shape index (κ1) is 40.8. The summed E-state index contributed by atoms with van der Waals surface area (Å²) < 4.78 is 0. The Kier molecular flexibility index (Phi) is 23.3. The molecule has 0 aliphatic carbocycles. The molecular weight excluding hydrogens is 594 g/mol. The lowest BCUT2D eigenvalue weighted by atomic mass is 10.1. The second kappa shape index (κ2) is 25.2. The molecule has 13 nitrogen and oxygen atoms in total. The van der Waals surface area contributed by atoms with Crippen LogP contribution < -0.4 is 16.4 Å². The number of aliphatic hydroxyl groups is 2. The number of carbonyl (C=O) groups excluding carboxylic acids is 2. The Morgan fingerprint density at radius 3 is 2.20 bits per heavy atom. The Morgan fingerprint density at radius 2 is 1.57 bits per heavy atom. The molecule has 0 aliphatic heterocycles. The highest BCUT2D eigenvalue weighted by Gasteiger charge is 2.26. The third kappa shape index (κ3) is 22.4. The Labute approximate surface area is 263 Å². The lowest BCUT2D eigenvalue weighted by molar-refractivity contribution is -0.139. The van der Waals surface area contributed by atoms with Crippen molar-refractivity contribution < 1.29 is 49.5 Å². The van der Waals surface area contributed by atoms with Crippen LogP contribution in [0.5, 0.6) is 0 Å². The summed E-state index contributed by atoms with van der Waals surface area (Å²) in [7, 11) is 0. The smallest absolute Gasteiger partial charge is 0.322 e. The van der Waals surface area contributed by atoms with Crippen LogP contribution in [-0.2, 0) is 24.0 Å². The molecule has 14 heteroatoms. The number of carboxylic acids is 3. The van der Waals surface area contributed by atoms with Crippen LogP contribution in [-0.4, -0.2) is 97.1 Å². The van der Waals surface area contributed by atoms with Gasteiger partial charge in [0, 0.05) is 23.8 Å². The van der Waals surface area contributed by atoms with Crippen LogP contribution >= 0.6 is 11.8 Å². The number of nitrogens with two attached hydrogens (primary N) is 1. The molecule has 0 aliphatic rings. The van der Waals surface area contributed by atoms with Gasteiger partial charge in [-0.15, -0.1) is 11.8 Å². The van der Waals surface area contributed by atoms with E-state index in [-0.39, 0.29) is 25.0 Å². The van der Waals surface area contributed by atoms with Gasteiger partial charge in [0.1, 0.15) is 18.6 Å². The number of rotatable bonds is 26. The number of allylic oxidation sites excluding steroid dienone is 3. The second-order valence-corrected chi connectivity index (χ2v) is 11.4. The minimum Gasteiger partial charge on any atom is -0.481 e. The summed E-state index contributed by atoms with van der Waals surface area (Å²) in [5, 5.41) is 52.0. The first-order chi connectivity index (χ1) is 20.9. The summed E-state index contributed by atoms with van der Waals surface area (Å²) in [6.07, 6.45) is 14.1. The predicted octanol–water partition coefficient (Wildman–Crippen LogP) is 1.97. The summed E-state index contributed by atoms with van der Waals surface area (Å²) in [5.41, 5.74) is 5.44. The predicted molar refractivity (Wildman–Crippen MR) is 168 cm³/mol. The molecule has 0 spiro atoms. The molecule has 0 saturated heterocycles. The van der Waals surface area contributed by atoms with Crippen LogP contribution in [0.2, 0.25) is 0 Å². The largest absolute Gasteiger partial charge is 0.481 e. The average Bonchev–Trinajstić information content (AvgIpc) is 2.96. The maximum atomic E-state index is 12.7. The lowest BCUT2D eigenvalue weighted by Gasteiger charge is -2.24. The lowest BCUT2D eigenvalue weighted by Crippen LogP contribution is -2.50. The van der Waals surface area contributed by atoms with Gasteiger partial charge in [0.25, 0.3) is 0 Å². The second-order valence-electron chi connectivity index (χ2n) is 10.2. The van der Waals surface area contributed by atoms with Gasteiger partial charge in [0.15, 0.2) is 0 Å². The molecule has 0 aromatic heterocycles. The molecule has 0 aromatic rings. The summed E-state index contributed by atoms with van der Waals surface area (Å²) in [5.74, 6) is -4.78. The molecule has 0 rings (SSSR count). The standard InChI is InChI=1S/C30H49N3O10S/c1-2-3-9-13-24(35)25(17-15-21(34)12-10-7-5-4-6-8-11-14-27(37)38)44-20-23(29(41)32-19-28(39)40)33-26(36)18-16-22(31)30(42)43/h4,6-7,10,15,17,21-25,34-35H,2-3,5,8-9,11-14,16,18-20,31H2,1H3,(H,32,41)(H,33,36)(H,37,38)(H,39,40)(H,42,43)/b6-4+,10-7-,17-15+/t21-,22-,23-,24-,25+/m0/s1. The fourth-order valence-corrected chi connectivity index (χ4v) is 4.94. The summed E-state index contributed by atoms with van der Waals surface area (Å²) in [6, 6.07) is -2.42. The molecule has 9 N–H and O–H groups in total. The fourth-order valence-electron chi connectivity index (χ4n) is 3.73. The molecule has 2 amide bonds. The van der Waals surface area contributed by atoms with Gasteiger partial charge >= 0.3 is 17.9 Å². The molecule has 0 bridgehead atoms. The van der Waals surface area contributed by atoms with Gasteiger partial charge in [-0.3, -0.25) is 24.0 Å². The highest BCUT2D eigenvalue weighted by atomic mass is 32.2. The number of carboxylic acid groups (broad SMARTS) is 3. The van der Waals surface area contributed by atoms with E-state index in [2.05, 4.69) is 10.6 Å². The van der Waals surface area contributed by atoms with E-state index >= 15 is 0 Å². The van der Waals surface area contributed by atoms with Crippen LogP contribution in [0.15, 0.2) is 36.5 Å². The van der Waals surface area contributed by atoms with Crippen LogP contribution in [0.3, 0.4) is 0 Å². The zero-order valence-corrected chi connectivity index (χ0v) is 26.1. The first-order valence-electron chi connectivity index (χ1n) is 14.8. The Morgan fingerprint density at radius 1 is 0.864 bits per heavy atom. The quantitative estimate of drug-likeness (QED) is 0.0499. The number of hydrogen-bond donors (Lipinski definition) is 8. The molecule has 250 valence electrons. The van der Waals surface area contributed by atoms with Crippen molar-refractivity contribution in [2.45, 2.75) is 107 Å².